The first-order valence-electron chi connectivity index (χ1n) is 6.21. The van der Waals surface area contributed by atoms with Crippen LogP contribution in [0, 0.1) is 5.92 Å². The van der Waals surface area contributed by atoms with Crippen LogP contribution in [0.15, 0.2) is 18.2 Å². The van der Waals surface area contributed by atoms with Gasteiger partial charge in [0.1, 0.15) is 0 Å². The van der Waals surface area contributed by atoms with Gasteiger partial charge in [0.25, 0.3) is 0 Å². The summed E-state index contributed by atoms with van der Waals surface area (Å²) in [6, 6.07) is 6.44. The Balaban J connectivity index is 1.95. The van der Waals surface area contributed by atoms with E-state index in [1.807, 2.05) is 12.1 Å². The molecule has 0 aromatic heterocycles. The Morgan fingerprint density at radius 2 is 1.94 bits per heavy atom. The molecule has 0 saturated heterocycles. The maximum absolute atomic E-state index is 6.10. The standard InChI is InChI=1S/C14H21NO2/c1-16-13-8-4-10(9-14(13)17-2)3-7-12(15)11-5-6-11/h4,8-9,11-12H,3,5-7,15H2,1-2H3. The van der Waals surface area contributed by atoms with Crippen LogP contribution in [-0.4, -0.2) is 20.3 Å². The van der Waals surface area contributed by atoms with E-state index in [1.54, 1.807) is 14.2 Å². The molecule has 1 unspecified atom stereocenters. The zero-order chi connectivity index (χ0) is 12.3. The van der Waals surface area contributed by atoms with Crippen molar-refractivity contribution in [3.63, 3.8) is 0 Å². The predicted molar refractivity (Wildman–Crippen MR) is 68.6 cm³/mol. The van der Waals surface area contributed by atoms with E-state index in [-0.39, 0.29) is 0 Å². The summed E-state index contributed by atoms with van der Waals surface area (Å²) in [5.74, 6) is 2.35. The predicted octanol–water partition coefficient (Wildman–Crippen LogP) is 2.37. The molecule has 3 heteroatoms. The minimum Gasteiger partial charge on any atom is -0.493 e. The zero-order valence-electron chi connectivity index (χ0n) is 10.6. The number of rotatable bonds is 6. The van der Waals surface area contributed by atoms with Crippen LogP contribution < -0.4 is 15.2 Å². The van der Waals surface area contributed by atoms with Crippen molar-refractivity contribution in [3.8, 4) is 11.5 Å². The Hall–Kier alpha value is -1.22. The average Bonchev–Trinajstić information content (AvgIpc) is 3.19. The van der Waals surface area contributed by atoms with Gasteiger partial charge in [-0.2, -0.15) is 0 Å². The fraction of sp³-hybridized carbons (Fsp3) is 0.571. The molecule has 1 aliphatic carbocycles. The molecule has 0 radical (unpaired) electrons. The van der Waals surface area contributed by atoms with Crippen LogP contribution in [0.1, 0.15) is 24.8 Å². The Bertz CT molecular complexity index is 374. The fourth-order valence-corrected chi connectivity index (χ4v) is 2.13. The topological polar surface area (TPSA) is 44.5 Å². The molecule has 1 fully saturated rings. The van der Waals surface area contributed by atoms with Gasteiger partial charge in [0.2, 0.25) is 0 Å². The largest absolute Gasteiger partial charge is 0.493 e. The molecule has 1 aliphatic rings. The lowest BCUT2D eigenvalue weighted by Crippen LogP contribution is -2.22. The molecule has 3 nitrogen and oxygen atoms in total. The third-order valence-electron chi connectivity index (χ3n) is 3.44. The second-order valence-corrected chi connectivity index (χ2v) is 4.73. The van der Waals surface area contributed by atoms with Crippen LogP contribution in [0.2, 0.25) is 0 Å². The first-order chi connectivity index (χ1) is 8.24. The van der Waals surface area contributed by atoms with E-state index in [4.69, 9.17) is 15.2 Å². The van der Waals surface area contributed by atoms with Gasteiger partial charge in [-0.3, -0.25) is 0 Å². The third-order valence-corrected chi connectivity index (χ3v) is 3.44. The first kappa shape index (κ1) is 12.2. The Kier molecular flexibility index (Phi) is 3.89. The van der Waals surface area contributed by atoms with E-state index in [0.29, 0.717) is 6.04 Å². The molecule has 94 valence electrons. The van der Waals surface area contributed by atoms with Crippen LogP contribution in [0.5, 0.6) is 11.5 Å². The number of hydrogen-bond acceptors (Lipinski definition) is 3. The highest BCUT2D eigenvalue weighted by Gasteiger charge is 2.27. The average molecular weight is 235 g/mol. The number of benzene rings is 1. The number of methoxy groups -OCH3 is 2. The summed E-state index contributed by atoms with van der Waals surface area (Å²) in [5, 5.41) is 0. The third kappa shape index (κ3) is 3.13. The van der Waals surface area contributed by atoms with Crippen LogP contribution in [-0.2, 0) is 6.42 Å². The number of aryl methyl sites for hydroxylation is 1. The van der Waals surface area contributed by atoms with Crippen molar-refractivity contribution >= 4 is 0 Å². The summed E-state index contributed by atoms with van der Waals surface area (Å²) < 4.78 is 10.5. The van der Waals surface area contributed by atoms with E-state index in [2.05, 4.69) is 6.07 Å². The summed E-state index contributed by atoms with van der Waals surface area (Å²) in [5.41, 5.74) is 7.36. The fourth-order valence-electron chi connectivity index (χ4n) is 2.13. The van der Waals surface area contributed by atoms with Gasteiger partial charge < -0.3 is 15.2 Å². The summed E-state index contributed by atoms with van der Waals surface area (Å²) in [6.07, 6.45) is 4.69. The lowest BCUT2D eigenvalue weighted by Gasteiger charge is -2.12. The Labute approximate surface area is 103 Å². The van der Waals surface area contributed by atoms with Crippen LogP contribution in [0.3, 0.4) is 0 Å². The van der Waals surface area contributed by atoms with Crippen molar-refractivity contribution in [1.82, 2.24) is 0 Å². The summed E-state index contributed by atoms with van der Waals surface area (Å²) in [7, 11) is 3.32. The highest BCUT2D eigenvalue weighted by Crippen LogP contribution is 2.34. The summed E-state index contributed by atoms with van der Waals surface area (Å²) >= 11 is 0. The molecule has 1 aromatic rings. The minimum absolute atomic E-state index is 0.364. The van der Waals surface area contributed by atoms with Crippen molar-refractivity contribution in [2.45, 2.75) is 31.7 Å². The molecule has 0 heterocycles. The smallest absolute Gasteiger partial charge is 0.160 e. The monoisotopic (exact) mass is 235 g/mol. The van der Waals surface area contributed by atoms with Crippen LogP contribution in [0.25, 0.3) is 0 Å². The minimum atomic E-state index is 0.364. The van der Waals surface area contributed by atoms with Gasteiger partial charge in [0.15, 0.2) is 11.5 Å². The lowest BCUT2D eigenvalue weighted by molar-refractivity contribution is 0.354. The van der Waals surface area contributed by atoms with Gasteiger partial charge in [0, 0.05) is 6.04 Å². The molecule has 2 N–H and O–H groups in total. The van der Waals surface area contributed by atoms with Crippen molar-refractivity contribution in [2.24, 2.45) is 11.7 Å². The summed E-state index contributed by atoms with van der Waals surface area (Å²) in [6.45, 7) is 0. The van der Waals surface area contributed by atoms with E-state index >= 15 is 0 Å². The molecular weight excluding hydrogens is 214 g/mol. The van der Waals surface area contributed by atoms with Gasteiger partial charge in [0.05, 0.1) is 14.2 Å². The SMILES string of the molecule is COc1ccc(CCC(N)C2CC2)cc1OC. The molecule has 1 saturated carbocycles. The Morgan fingerprint density at radius 3 is 2.53 bits per heavy atom. The van der Waals surface area contributed by atoms with Crippen molar-refractivity contribution in [3.05, 3.63) is 23.8 Å². The second-order valence-electron chi connectivity index (χ2n) is 4.73. The maximum atomic E-state index is 6.10. The molecule has 0 amide bonds. The number of nitrogens with two attached hydrogens (primary N) is 1. The molecule has 1 atom stereocenters. The quantitative estimate of drug-likeness (QED) is 0.823. The highest BCUT2D eigenvalue weighted by atomic mass is 16.5. The zero-order valence-corrected chi connectivity index (χ0v) is 10.6. The normalized spacial score (nSPS) is 16.6. The van der Waals surface area contributed by atoms with Gasteiger partial charge in [-0.05, 0) is 49.3 Å². The maximum Gasteiger partial charge on any atom is 0.160 e. The van der Waals surface area contributed by atoms with E-state index in [1.165, 1.54) is 18.4 Å². The number of hydrogen-bond donors (Lipinski definition) is 1. The summed E-state index contributed by atoms with van der Waals surface area (Å²) in [4.78, 5) is 0. The molecule has 1 aromatic carbocycles. The van der Waals surface area contributed by atoms with Crippen LogP contribution in [0.4, 0.5) is 0 Å². The first-order valence-corrected chi connectivity index (χ1v) is 6.21. The van der Waals surface area contributed by atoms with Gasteiger partial charge in [-0.15, -0.1) is 0 Å². The molecule has 2 rings (SSSR count). The van der Waals surface area contributed by atoms with Crippen molar-refractivity contribution in [1.29, 1.82) is 0 Å². The van der Waals surface area contributed by atoms with E-state index in [9.17, 15) is 0 Å². The van der Waals surface area contributed by atoms with E-state index in [0.717, 1.165) is 30.3 Å². The van der Waals surface area contributed by atoms with E-state index < -0.39 is 0 Å². The van der Waals surface area contributed by atoms with Gasteiger partial charge >= 0.3 is 0 Å². The molecular formula is C14H21NO2. The van der Waals surface area contributed by atoms with Crippen molar-refractivity contribution in [2.75, 3.05) is 14.2 Å². The number of ether oxygens (including phenoxy) is 2. The highest BCUT2D eigenvalue weighted by molar-refractivity contribution is 5.42. The Morgan fingerprint density at radius 1 is 1.24 bits per heavy atom. The molecule has 0 aliphatic heterocycles. The van der Waals surface area contributed by atoms with Gasteiger partial charge in [-0.1, -0.05) is 6.07 Å². The lowest BCUT2D eigenvalue weighted by atomic mass is 10.0. The second kappa shape index (κ2) is 5.41. The van der Waals surface area contributed by atoms with Gasteiger partial charge in [-0.25, -0.2) is 0 Å². The molecule has 17 heavy (non-hydrogen) atoms. The molecule has 0 bridgehead atoms. The molecule has 0 spiro atoms. The van der Waals surface area contributed by atoms with Crippen LogP contribution >= 0.6 is 0 Å². The van der Waals surface area contributed by atoms with Crippen molar-refractivity contribution < 1.29 is 9.47 Å².